The molecule has 0 rings (SSSR count). The van der Waals surface area contributed by atoms with Crippen molar-refractivity contribution in [3.63, 3.8) is 0 Å². The van der Waals surface area contributed by atoms with Gasteiger partial charge in [0.1, 0.15) is 11.8 Å². The van der Waals surface area contributed by atoms with Gasteiger partial charge in [-0.05, 0) is 40.2 Å². The van der Waals surface area contributed by atoms with E-state index in [2.05, 4.69) is 0 Å². The Kier molecular flexibility index (Phi) is 7.94. The highest BCUT2D eigenvalue weighted by atomic mass is 35.5. The summed E-state index contributed by atoms with van der Waals surface area (Å²) >= 11 is 5.87. The second-order valence-corrected chi connectivity index (χ2v) is 6.08. The summed E-state index contributed by atoms with van der Waals surface area (Å²) in [5.74, 6) is 0. The maximum Gasteiger partial charge on any atom is 0.425 e. The number of carbonyl (C=O) groups excluding carboxylic acids is 1. The van der Waals surface area contributed by atoms with E-state index in [1.54, 1.807) is 26.8 Å². The van der Waals surface area contributed by atoms with Crippen molar-refractivity contribution in [1.29, 1.82) is 0 Å². The van der Waals surface area contributed by atoms with Gasteiger partial charge in [0.25, 0.3) is 0 Å². The average molecular weight is 309 g/mol. The molecule has 1 unspecified atom stereocenters. The summed E-state index contributed by atoms with van der Waals surface area (Å²) in [5, 5.41) is 0. The van der Waals surface area contributed by atoms with Gasteiger partial charge in [0.05, 0.1) is 6.54 Å². The molecule has 0 spiro atoms. The Morgan fingerprint density at radius 3 is 2.35 bits per heavy atom. The molecule has 0 N–H and O–H groups in total. The predicted octanol–water partition coefficient (Wildman–Crippen LogP) is 3.96. The van der Waals surface area contributed by atoms with Gasteiger partial charge in [0.2, 0.25) is 0 Å². The van der Waals surface area contributed by atoms with E-state index in [9.17, 15) is 9.18 Å². The van der Waals surface area contributed by atoms with Crippen LogP contribution in [0.5, 0.6) is 0 Å². The van der Waals surface area contributed by atoms with Gasteiger partial charge in [0.15, 0.2) is 0 Å². The Morgan fingerprint density at radius 1 is 1.40 bits per heavy atom. The highest BCUT2D eigenvalue weighted by Gasteiger charge is 2.21. The van der Waals surface area contributed by atoms with Gasteiger partial charge in [-0.15, -0.1) is 0 Å². The number of halogens is 2. The first-order valence-corrected chi connectivity index (χ1v) is 7.12. The fourth-order valence-electron chi connectivity index (χ4n) is 1.56. The van der Waals surface area contributed by atoms with Crippen molar-refractivity contribution < 1.29 is 13.9 Å². The zero-order valence-electron chi connectivity index (χ0n) is 13.2. The van der Waals surface area contributed by atoms with Gasteiger partial charge < -0.3 is 9.64 Å². The lowest BCUT2D eigenvalue weighted by Crippen LogP contribution is -2.35. The topological polar surface area (TPSA) is 32.8 Å². The summed E-state index contributed by atoms with van der Waals surface area (Å²) in [7, 11) is 1.84. The number of allylic oxidation sites excluding steroid dienone is 2. The van der Waals surface area contributed by atoms with E-state index in [1.807, 2.05) is 18.9 Å². The van der Waals surface area contributed by atoms with Crippen molar-refractivity contribution in [3.8, 4) is 0 Å². The van der Waals surface area contributed by atoms with Crippen molar-refractivity contribution in [1.82, 2.24) is 9.32 Å². The quantitative estimate of drug-likeness (QED) is 0.696. The zero-order chi connectivity index (χ0) is 15.9. The molecule has 0 saturated heterocycles. The molecule has 0 heterocycles. The highest BCUT2D eigenvalue weighted by Crippen LogP contribution is 2.13. The number of alkyl halides is 1. The van der Waals surface area contributed by atoms with E-state index in [0.717, 1.165) is 16.5 Å². The minimum absolute atomic E-state index is 0.297. The lowest BCUT2D eigenvalue weighted by molar-refractivity contribution is 0.0387. The fraction of sp³-hybridized carbons (Fsp3) is 0.786. The van der Waals surface area contributed by atoms with E-state index >= 15 is 0 Å². The van der Waals surface area contributed by atoms with Crippen LogP contribution in [0, 0.1) is 0 Å². The minimum Gasteiger partial charge on any atom is -0.443 e. The third-order valence-electron chi connectivity index (χ3n) is 2.50. The van der Waals surface area contributed by atoms with E-state index in [0.29, 0.717) is 13.1 Å². The first kappa shape index (κ1) is 19.0. The predicted molar refractivity (Wildman–Crippen MR) is 80.4 cm³/mol. The van der Waals surface area contributed by atoms with E-state index < -0.39 is 17.9 Å². The van der Waals surface area contributed by atoms with Gasteiger partial charge in [-0.2, -0.15) is 0 Å². The lowest BCUT2D eigenvalue weighted by Gasteiger charge is -2.26. The zero-order valence-corrected chi connectivity index (χ0v) is 14.0. The Morgan fingerprint density at radius 2 is 1.95 bits per heavy atom. The Bertz CT molecular complexity index is 341. The van der Waals surface area contributed by atoms with Crippen LogP contribution < -0.4 is 0 Å². The molecule has 118 valence electrons. The number of nitrogens with zero attached hydrogens (tertiary/aromatic N) is 2. The van der Waals surface area contributed by atoms with Crippen LogP contribution in [0.4, 0.5) is 9.18 Å². The fourth-order valence-corrected chi connectivity index (χ4v) is 1.67. The lowest BCUT2D eigenvalue weighted by atomic mass is 10.2. The monoisotopic (exact) mass is 308 g/mol. The van der Waals surface area contributed by atoms with Gasteiger partial charge in [-0.25, -0.2) is 13.6 Å². The maximum atomic E-state index is 13.0. The number of hydrogen-bond acceptors (Lipinski definition) is 3. The molecule has 0 aliphatic rings. The van der Waals surface area contributed by atoms with Crippen LogP contribution in [0.15, 0.2) is 11.8 Å². The number of likely N-dealkylation sites (N-methyl/N-ethyl adjacent to an activating group) is 1. The van der Waals surface area contributed by atoms with Crippen LogP contribution in [0.1, 0.15) is 41.0 Å². The number of amides is 1. The molecule has 1 amide bonds. The molecule has 1 atom stereocenters. The van der Waals surface area contributed by atoms with Crippen LogP contribution in [0.25, 0.3) is 0 Å². The molecule has 0 aromatic rings. The summed E-state index contributed by atoms with van der Waals surface area (Å²) in [6, 6.07) is 0. The minimum atomic E-state index is -0.995. The summed E-state index contributed by atoms with van der Waals surface area (Å²) in [4.78, 5) is 13.6. The third-order valence-corrected chi connectivity index (χ3v) is 2.80. The molecule has 0 aliphatic heterocycles. The molecule has 20 heavy (non-hydrogen) atoms. The van der Waals surface area contributed by atoms with Crippen molar-refractivity contribution in [2.75, 3.05) is 20.1 Å². The van der Waals surface area contributed by atoms with Gasteiger partial charge in [-0.1, -0.05) is 6.92 Å². The number of carbonyl (C=O) groups is 1. The SMILES string of the molecule is CC/C(=C\C(C)F)N(C)CCN(Cl)C(=O)OC(C)(C)C. The Hall–Kier alpha value is -0.970. The molecular weight excluding hydrogens is 283 g/mol. The van der Waals surface area contributed by atoms with Crippen LogP contribution in [-0.4, -0.2) is 47.3 Å². The first-order valence-electron chi connectivity index (χ1n) is 6.79. The normalized spacial score (nSPS) is 13.9. The molecule has 0 bridgehead atoms. The maximum absolute atomic E-state index is 13.0. The number of rotatable bonds is 6. The standard InChI is InChI=1S/C14H26ClFN2O2/c1-7-12(10-11(2)16)17(6)8-9-18(15)13(19)20-14(3,4)5/h10-11H,7-9H2,1-6H3/b12-10+. The molecule has 0 aliphatic carbocycles. The van der Waals surface area contributed by atoms with Gasteiger partial charge in [-0.3, -0.25) is 0 Å². The number of hydrogen-bond donors (Lipinski definition) is 0. The first-order chi connectivity index (χ1) is 9.06. The number of ether oxygens (including phenoxy) is 1. The van der Waals surface area contributed by atoms with E-state index in [1.165, 1.54) is 6.92 Å². The smallest absolute Gasteiger partial charge is 0.425 e. The molecule has 0 fully saturated rings. The molecule has 0 radical (unpaired) electrons. The summed E-state index contributed by atoms with van der Waals surface area (Å²) in [5.41, 5.74) is 0.308. The van der Waals surface area contributed by atoms with Crippen molar-refractivity contribution in [2.24, 2.45) is 0 Å². The van der Waals surface area contributed by atoms with Gasteiger partial charge in [0, 0.05) is 31.1 Å². The largest absolute Gasteiger partial charge is 0.443 e. The second-order valence-electron chi connectivity index (χ2n) is 5.68. The Balaban J connectivity index is 4.36. The van der Waals surface area contributed by atoms with Crippen LogP contribution in [-0.2, 0) is 4.74 Å². The highest BCUT2D eigenvalue weighted by molar-refractivity contribution is 6.20. The second kappa shape index (κ2) is 8.35. The van der Waals surface area contributed by atoms with E-state index in [4.69, 9.17) is 16.5 Å². The van der Waals surface area contributed by atoms with Crippen LogP contribution in [0.2, 0.25) is 0 Å². The molecular formula is C14H26ClFN2O2. The molecule has 0 aromatic heterocycles. The summed E-state index contributed by atoms with van der Waals surface area (Å²) in [6.45, 7) is 9.59. The average Bonchev–Trinajstić information content (AvgIpc) is 2.29. The van der Waals surface area contributed by atoms with Crippen molar-refractivity contribution in [2.45, 2.75) is 52.8 Å². The van der Waals surface area contributed by atoms with Crippen molar-refractivity contribution in [3.05, 3.63) is 11.8 Å². The summed E-state index contributed by atoms with van der Waals surface area (Å²) < 4.78 is 19.2. The van der Waals surface area contributed by atoms with Crippen molar-refractivity contribution >= 4 is 17.9 Å². The van der Waals surface area contributed by atoms with Crippen LogP contribution >= 0.6 is 11.8 Å². The van der Waals surface area contributed by atoms with Gasteiger partial charge >= 0.3 is 6.09 Å². The molecule has 6 heteroatoms. The molecule has 0 saturated carbocycles. The molecule has 4 nitrogen and oxygen atoms in total. The Labute approximate surface area is 126 Å². The summed E-state index contributed by atoms with van der Waals surface area (Å²) in [6.07, 6.45) is 0.713. The van der Waals surface area contributed by atoms with E-state index in [-0.39, 0.29) is 0 Å². The van der Waals surface area contributed by atoms with Crippen LogP contribution in [0.3, 0.4) is 0 Å². The molecule has 0 aromatic carbocycles. The third kappa shape index (κ3) is 8.25.